The molecular weight excluding hydrogens is 388 g/mol. The van der Waals surface area contributed by atoms with E-state index in [1.807, 2.05) is 36.4 Å². The predicted molar refractivity (Wildman–Crippen MR) is 113 cm³/mol. The van der Waals surface area contributed by atoms with E-state index < -0.39 is 10.0 Å². The molecule has 1 aromatic carbocycles. The number of aromatic nitrogens is 3. The number of anilines is 3. The fraction of sp³-hybridized carbons (Fsp3) is 0.250. The first-order valence-electron chi connectivity index (χ1n) is 9.36. The van der Waals surface area contributed by atoms with Gasteiger partial charge in [0.05, 0.1) is 23.8 Å². The highest BCUT2D eigenvalue weighted by Crippen LogP contribution is 2.17. The number of benzene rings is 1. The van der Waals surface area contributed by atoms with E-state index in [0.29, 0.717) is 11.6 Å². The first kappa shape index (κ1) is 19.1. The van der Waals surface area contributed by atoms with E-state index in [-0.39, 0.29) is 5.75 Å². The number of nitrogens with zero attached hydrogens (tertiary/aromatic N) is 5. The third-order valence-corrected chi connectivity index (χ3v) is 5.91. The van der Waals surface area contributed by atoms with Crippen molar-refractivity contribution >= 4 is 27.5 Å². The summed E-state index contributed by atoms with van der Waals surface area (Å²) in [6.07, 6.45) is 4.81. The van der Waals surface area contributed by atoms with Crippen molar-refractivity contribution in [2.75, 3.05) is 40.7 Å². The lowest BCUT2D eigenvalue weighted by atomic mass is 10.2. The smallest absolute Gasteiger partial charge is 0.237 e. The van der Waals surface area contributed by atoms with Gasteiger partial charge < -0.3 is 9.80 Å². The van der Waals surface area contributed by atoms with Crippen LogP contribution in [0.5, 0.6) is 0 Å². The maximum Gasteiger partial charge on any atom is 0.237 e. The Labute approximate surface area is 170 Å². The molecule has 8 nitrogen and oxygen atoms in total. The van der Waals surface area contributed by atoms with Crippen LogP contribution in [0.1, 0.15) is 5.56 Å². The van der Waals surface area contributed by atoms with Crippen LogP contribution in [0.4, 0.5) is 17.5 Å². The zero-order valence-corrected chi connectivity index (χ0v) is 16.7. The van der Waals surface area contributed by atoms with Gasteiger partial charge in [-0.15, -0.1) is 0 Å². The Hall–Kier alpha value is -3.20. The largest absolute Gasteiger partial charge is 0.353 e. The summed E-state index contributed by atoms with van der Waals surface area (Å²) in [5, 5.41) is 0. The molecule has 0 spiro atoms. The van der Waals surface area contributed by atoms with Crippen LogP contribution in [0, 0.1) is 0 Å². The van der Waals surface area contributed by atoms with Gasteiger partial charge in [-0.2, -0.15) is 0 Å². The van der Waals surface area contributed by atoms with Crippen LogP contribution >= 0.6 is 0 Å². The summed E-state index contributed by atoms with van der Waals surface area (Å²) in [7, 11) is -3.52. The fourth-order valence-electron chi connectivity index (χ4n) is 3.22. The Kier molecular flexibility index (Phi) is 5.57. The number of hydrogen-bond acceptors (Lipinski definition) is 7. The summed E-state index contributed by atoms with van der Waals surface area (Å²) in [5.74, 6) is 1.47. The molecule has 2 aromatic heterocycles. The number of hydrogen-bond donors (Lipinski definition) is 1. The monoisotopic (exact) mass is 410 g/mol. The minimum absolute atomic E-state index is 0.0922. The average Bonchev–Trinajstić information content (AvgIpc) is 2.75. The standard InChI is InChI=1S/C20H22N6O2S/c27-29(28,16-17-6-2-1-3-7-17)24-18-14-22-20(23-15-18)26-12-10-25(11-13-26)19-8-4-5-9-21-19/h1-9,14-15,24H,10-13,16H2. The minimum atomic E-state index is -3.52. The molecule has 9 heteroatoms. The van der Waals surface area contributed by atoms with Crippen molar-refractivity contribution in [2.24, 2.45) is 0 Å². The molecule has 0 radical (unpaired) electrons. The summed E-state index contributed by atoms with van der Waals surface area (Å²) >= 11 is 0. The Balaban J connectivity index is 1.35. The van der Waals surface area contributed by atoms with E-state index in [0.717, 1.165) is 37.6 Å². The summed E-state index contributed by atoms with van der Waals surface area (Å²) in [6.45, 7) is 3.20. The van der Waals surface area contributed by atoms with Gasteiger partial charge in [-0.25, -0.2) is 23.4 Å². The third kappa shape index (κ3) is 5.00. The molecule has 1 aliphatic rings. The summed E-state index contributed by atoms with van der Waals surface area (Å²) < 4.78 is 27.2. The van der Waals surface area contributed by atoms with Crippen LogP contribution in [0.3, 0.4) is 0 Å². The van der Waals surface area contributed by atoms with Crippen molar-refractivity contribution in [1.82, 2.24) is 15.0 Å². The quantitative estimate of drug-likeness (QED) is 0.666. The summed E-state index contributed by atoms with van der Waals surface area (Å²) in [6, 6.07) is 14.9. The molecule has 0 amide bonds. The molecule has 1 saturated heterocycles. The zero-order chi connectivity index (χ0) is 20.1. The number of pyridine rings is 1. The van der Waals surface area contributed by atoms with Crippen LogP contribution in [0.15, 0.2) is 67.1 Å². The van der Waals surface area contributed by atoms with Crippen molar-refractivity contribution < 1.29 is 8.42 Å². The highest BCUT2D eigenvalue weighted by atomic mass is 32.2. The third-order valence-electron chi connectivity index (χ3n) is 4.65. The average molecular weight is 411 g/mol. The van der Waals surface area contributed by atoms with E-state index in [9.17, 15) is 8.42 Å². The van der Waals surface area contributed by atoms with E-state index in [1.165, 1.54) is 12.4 Å². The molecular formula is C20H22N6O2S. The first-order chi connectivity index (χ1) is 14.1. The van der Waals surface area contributed by atoms with Gasteiger partial charge in [-0.3, -0.25) is 4.72 Å². The zero-order valence-electron chi connectivity index (χ0n) is 15.8. The molecule has 1 fully saturated rings. The lowest BCUT2D eigenvalue weighted by molar-refractivity contribution is 0.600. The van der Waals surface area contributed by atoms with Crippen molar-refractivity contribution in [3.63, 3.8) is 0 Å². The Morgan fingerprint density at radius 1 is 0.828 bits per heavy atom. The van der Waals surface area contributed by atoms with Crippen LogP contribution in [0.2, 0.25) is 0 Å². The lowest BCUT2D eigenvalue weighted by Gasteiger charge is -2.35. The van der Waals surface area contributed by atoms with Gasteiger partial charge in [0.1, 0.15) is 5.82 Å². The normalized spacial score (nSPS) is 14.6. The molecule has 1 aliphatic heterocycles. The lowest BCUT2D eigenvalue weighted by Crippen LogP contribution is -2.47. The Morgan fingerprint density at radius 3 is 2.14 bits per heavy atom. The Morgan fingerprint density at radius 2 is 1.48 bits per heavy atom. The maximum absolute atomic E-state index is 12.3. The first-order valence-corrected chi connectivity index (χ1v) is 11.0. The summed E-state index contributed by atoms with van der Waals surface area (Å²) in [5.41, 5.74) is 1.08. The van der Waals surface area contributed by atoms with Gasteiger partial charge in [-0.1, -0.05) is 36.4 Å². The fourth-order valence-corrected chi connectivity index (χ4v) is 4.39. The minimum Gasteiger partial charge on any atom is -0.353 e. The van der Waals surface area contributed by atoms with Gasteiger partial charge in [0, 0.05) is 32.4 Å². The van der Waals surface area contributed by atoms with Gasteiger partial charge in [-0.05, 0) is 17.7 Å². The van der Waals surface area contributed by atoms with E-state index in [4.69, 9.17) is 0 Å². The van der Waals surface area contributed by atoms with Crippen molar-refractivity contribution in [3.8, 4) is 0 Å². The molecule has 29 heavy (non-hydrogen) atoms. The van der Waals surface area contributed by atoms with Crippen LogP contribution in [-0.2, 0) is 15.8 Å². The molecule has 4 rings (SSSR count). The predicted octanol–water partition coefficient (Wildman–Crippen LogP) is 2.14. The van der Waals surface area contributed by atoms with Gasteiger partial charge >= 0.3 is 0 Å². The number of sulfonamides is 1. The van der Waals surface area contributed by atoms with E-state index >= 15 is 0 Å². The number of piperazine rings is 1. The van der Waals surface area contributed by atoms with Crippen molar-refractivity contribution in [1.29, 1.82) is 0 Å². The molecule has 0 saturated carbocycles. The molecule has 3 heterocycles. The van der Waals surface area contributed by atoms with Crippen LogP contribution in [-0.4, -0.2) is 49.5 Å². The van der Waals surface area contributed by atoms with E-state index in [1.54, 1.807) is 18.3 Å². The van der Waals surface area contributed by atoms with Gasteiger partial charge in [0.15, 0.2) is 0 Å². The highest BCUT2D eigenvalue weighted by molar-refractivity contribution is 7.91. The SMILES string of the molecule is O=S(=O)(Cc1ccccc1)Nc1cnc(N2CCN(c3ccccn3)CC2)nc1. The molecule has 3 aromatic rings. The molecule has 1 N–H and O–H groups in total. The number of nitrogens with one attached hydrogen (secondary N) is 1. The van der Waals surface area contributed by atoms with Gasteiger partial charge in [0.2, 0.25) is 16.0 Å². The molecule has 0 bridgehead atoms. The second-order valence-electron chi connectivity index (χ2n) is 6.78. The molecule has 0 unspecified atom stereocenters. The number of rotatable bonds is 6. The van der Waals surface area contributed by atoms with Crippen LogP contribution in [0.25, 0.3) is 0 Å². The molecule has 150 valence electrons. The van der Waals surface area contributed by atoms with Gasteiger partial charge in [0.25, 0.3) is 0 Å². The van der Waals surface area contributed by atoms with Crippen molar-refractivity contribution in [2.45, 2.75) is 5.75 Å². The van der Waals surface area contributed by atoms with Crippen molar-refractivity contribution in [3.05, 3.63) is 72.7 Å². The highest BCUT2D eigenvalue weighted by Gasteiger charge is 2.20. The molecule has 0 atom stereocenters. The second-order valence-corrected chi connectivity index (χ2v) is 8.50. The molecule has 0 aliphatic carbocycles. The second kappa shape index (κ2) is 8.44. The maximum atomic E-state index is 12.3. The van der Waals surface area contributed by atoms with E-state index in [2.05, 4.69) is 29.5 Å². The summed E-state index contributed by atoms with van der Waals surface area (Å²) in [4.78, 5) is 17.4. The topological polar surface area (TPSA) is 91.3 Å². The Bertz CT molecular complexity index is 1020. The van der Waals surface area contributed by atoms with Crippen LogP contribution < -0.4 is 14.5 Å².